The average Bonchev–Trinajstić information content (AvgIpc) is 2.02. The molecule has 0 aliphatic heterocycles. The molecule has 2 rings (SSSR count). The Hall–Kier alpha value is -0.870. The lowest BCUT2D eigenvalue weighted by molar-refractivity contribution is 1.23. The third-order valence-corrected chi connectivity index (χ3v) is 2.50. The van der Waals surface area contributed by atoms with Crippen molar-refractivity contribution in [3.05, 3.63) is 28.0 Å². The number of fused-ring (bicyclic) bond motifs is 1. The average molecular weight is 259 g/mol. The zero-order valence-electron chi connectivity index (χ0n) is 6.46. The topological polar surface area (TPSA) is 51.8 Å². The van der Waals surface area contributed by atoms with Crippen LogP contribution in [-0.4, -0.2) is 9.97 Å². The zero-order chi connectivity index (χ0) is 9.42. The number of rotatable bonds is 0. The fraction of sp³-hybridized carbons (Fsp3) is 0. The highest BCUT2D eigenvalue weighted by Gasteiger charge is 2.05. The van der Waals surface area contributed by atoms with E-state index >= 15 is 0 Å². The van der Waals surface area contributed by atoms with Crippen LogP contribution in [0.3, 0.4) is 0 Å². The number of hydrogen-bond acceptors (Lipinski definition) is 3. The third-order valence-electron chi connectivity index (χ3n) is 1.67. The summed E-state index contributed by atoms with van der Waals surface area (Å²) in [6, 6.07) is 5.59. The largest absolute Gasteiger partial charge is 0.383 e. The van der Waals surface area contributed by atoms with E-state index in [9.17, 15) is 0 Å². The van der Waals surface area contributed by atoms with Gasteiger partial charge in [0.05, 0.1) is 10.9 Å². The van der Waals surface area contributed by atoms with E-state index in [1.54, 1.807) is 0 Å². The number of hydrogen-bond donors (Lipinski definition) is 1. The molecule has 0 unspecified atom stereocenters. The number of aromatic nitrogens is 2. The zero-order valence-corrected chi connectivity index (χ0v) is 8.80. The molecular weight excluding hydrogens is 253 g/mol. The van der Waals surface area contributed by atoms with Gasteiger partial charge in [-0.3, -0.25) is 0 Å². The van der Waals surface area contributed by atoms with Crippen molar-refractivity contribution in [3.8, 4) is 0 Å². The van der Waals surface area contributed by atoms with Gasteiger partial charge >= 0.3 is 0 Å². The Bertz CT molecular complexity index is 472. The summed E-state index contributed by atoms with van der Waals surface area (Å²) in [6.07, 6.45) is 0. The molecule has 0 saturated carbocycles. The molecule has 0 fully saturated rings. The lowest BCUT2D eigenvalue weighted by atomic mass is 10.2. The molecule has 5 heteroatoms. The molecule has 0 saturated heterocycles. The van der Waals surface area contributed by atoms with Gasteiger partial charge in [-0.15, -0.1) is 0 Å². The van der Waals surface area contributed by atoms with Gasteiger partial charge in [0.1, 0.15) is 5.82 Å². The van der Waals surface area contributed by atoms with Gasteiger partial charge in [0, 0.05) is 4.47 Å². The van der Waals surface area contributed by atoms with Crippen molar-refractivity contribution >= 4 is 44.3 Å². The minimum absolute atomic E-state index is 0.170. The Morgan fingerprint density at radius 1 is 1.31 bits per heavy atom. The summed E-state index contributed by atoms with van der Waals surface area (Å²) in [6.45, 7) is 0. The van der Waals surface area contributed by atoms with Gasteiger partial charge in [0.25, 0.3) is 0 Å². The normalized spacial score (nSPS) is 10.6. The van der Waals surface area contributed by atoms with Gasteiger partial charge in [0.15, 0.2) is 0 Å². The van der Waals surface area contributed by atoms with Crippen LogP contribution in [0.1, 0.15) is 0 Å². The summed E-state index contributed by atoms with van der Waals surface area (Å²) in [5, 5.41) is 0.968. The smallest absolute Gasteiger partial charge is 0.224 e. The van der Waals surface area contributed by atoms with Crippen LogP contribution in [0, 0.1) is 0 Å². The van der Waals surface area contributed by atoms with Crippen LogP contribution in [0.4, 0.5) is 5.82 Å². The number of nitrogens with two attached hydrogens (primary N) is 1. The standard InChI is InChI=1S/C8H5BrClN3/c9-4-2-1-3-5-6(4)7(11)13-8(10)12-5/h1-3H,(H2,11,12,13). The first-order valence-electron chi connectivity index (χ1n) is 3.56. The Morgan fingerprint density at radius 2 is 2.08 bits per heavy atom. The van der Waals surface area contributed by atoms with Crippen LogP contribution in [0.15, 0.2) is 22.7 Å². The van der Waals surface area contributed by atoms with Gasteiger partial charge in [-0.05, 0) is 39.7 Å². The van der Waals surface area contributed by atoms with Crippen LogP contribution < -0.4 is 5.73 Å². The van der Waals surface area contributed by atoms with Crippen LogP contribution >= 0.6 is 27.5 Å². The van der Waals surface area contributed by atoms with Crippen molar-refractivity contribution in [2.45, 2.75) is 0 Å². The van der Waals surface area contributed by atoms with Crippen molar-refractivity contribution in [1.29, 1.82) is 0 Å². The predicted molar refractivity (Wildman–Crippen MR) is 56.7 cm³/mol. The summed E-state index contributed by atoms with van der Waals surface area (Å²) in [4.78, 5) is 7.91. The number of anilines is 1. The highest BCUT2D eigenvalue weighted by molar-refractivity contribution is 9.10. The van der Waals surface area contributed by atoms with Crippen molar-refractivity contribution in [3.63, 3.8) is 0 Å². The van der Waals surface area contributed by atoms with Gasteiger partial charge < -0.3 is 5.73 Å². The SMILES string of the molecule is Nc1nc(Cl)nc2cccc(Br)c12. The minimum atomic E-state index is 0.170. The summed E-state index contributed by atoms with van der Waals surface area (Å²) >= 11 is 9.03. The number of nitrogens with zero attached hydrogens (tertiary/aromatic N) is 2. The van der Waals surface area contributed by atoms with Crippen LogP contribution in [0.25, 0.3) is 10.9 Å². The van der Waals surface area contributed by atoms with Crippen molar-refractivity contribution in [2.24, 2.45) is 0 Å². The second-order valence-corrected chi connectivity index (χ2v) is 3.70. The molecule has 0 amide bonds. The molecule has 3 nitrogen and oxygen atoms in total. The predicted octanol–water partition coefficient (Wildman–Crippen LogP) is 2.63. The van der Waals surface area contributed by atoms with E-state index in [4.69, 9.17) is 17.3 Å². The number of halogens is 2. The highest BCUT2D eigenvalue weighted by atomic mass is 79.9. The second-order valence-electron chi connectivity index (χ2n) is 2.51. The van der Waals surface area contributed by atoms with E-state index in [0.29, 0.717) is 5.82 Å². The maximum Gasteiger partial charge on any atom is 0.224 e. The van der Waals surface area contributed by atoms with Crippen LogP contribution in [0.5, 0.6) is 0 Å². The fourth-order valence-corrected chi connectivity index (χ4v) is 1.88. The summed E-state index contributed by atoms with van der Waals surface area (Å²) in [5.41, 5.74) is 6.43. The summed E-state index contributed by atoms with van der Waals surface area (Å²) < 4.78 is 0.874. The van der Waals surface area contributed by atoms with Crippen molar-refractivity contribution in [1.82, 2.24) is 9.97 Å². The van der Waals surface area contributed by atoms with E-state index in [2.05, 4.69) is 25.9 Å². The van der Waals surface area contributed by atoms with Gasteiger partial charge in [0.2, 0.25) is 5.28 Å². The summed E-state index contributed by atoms with van der Waals surface area (Å²) in [5.74, 6) is 0.391. The van der Waals surface area contributed by atoms with Gasteiger partial charge in [-0.2, -0.15) is 0 Å². The fourth-order valence-electron chi connectivity index (χ4n) is 1.14. The molecule has 1 heterocycles. The molecule has 66 valence electrons. The molecule has 2 N–H and O–H groups in total. The Balaban J connectivity index is 2.94. The van der Waals surface area contributed by atoms with Crippen molar-refractivity contribution in [2.75, 3.05) is 5.73 Å². The van der Waals surface area contributed by atoms with Crippen LogP contribution in [0.2, 0.25) is 5.28 Å². The Kier molecular flexibility index (Phi) is 2.09. The minimum Gasteiger partial charge on any atom is -0.383 e. The summed E-state index contributed by atoms with van der Waals surface area (Å²) in [7, 11) is 0. The lowest BCUT2D eigenvalue weighted by Crippen LogP contribution is -1.95. The maximum atomic E-state index is 5.69. The van der Waals surface area contributed by atoms with Gasteiger partial charge in [-0.25, -0.2) is 9.97 Å². The first-order valence-corrected chi connectivity index (χ1v) is 4.73. The van der Waals surface area contributed by atoms with Crippen LogP contribution in [-0.2, 0) is 0 Å². The molecular formula is C8H5BrClN3. The van der Waals surface area contributed by atoms with E-state index in [1.165, 1.54) is 0 Å². The molecule has 0 aliphatic rings. The maximum absolute atomic E-state index is 5.69. The van der Waals surface area contributed by atoms with E-state index in [-0.39, 0.29) is 5.28 Å². The van der Waals surface area contributed by atoms with Gasteiger partial charge in [-0.1, -0.05) is 6.07 Å². The molecule has 2 aromatic rings. The van der Waals surface area contributed by atoms with E-state index in [1.807, 2.05) is 18.2 Å². The number of nitrogen functional groups attached to an aromatic ring is 1. The quantitative estimate of drug-likeness (QED) is 0.739. The van der Waals surface area contributed by atoms with Crippen molar-refractivity contribution < 1.29 is 0 Å². The van der Waals surface area contributed by atoms with E-state index in [0.717, 1.165) is 15.4 Å². The Labute approximate surface area is 88.1 Å². The molecule has 0 radical (unpaired) electrons. The molecule has 1 aromatic carbocycles. The highest BCUT2D eigenvalue weighted by Crippen LogP contribution is 2.27. The van der Waals surface area contributed by atoms with E-state index < -0.39 is 0 Å². The molecule has 13 heavy (non-hydrogen) atoms. The Morgan fingerprint density at radius 3 is 2.85 bits per heavy atom. The number of benzene rings is 1. The molecule has 1 aromatic heterocycles. The second kappa shape index (κ2) is 3.12. The lowest BCUT2D eigenvalue weighted by Gasteiger charge is -2.02. The molecule has 0 aliphatic carbocycles. The third kappa shape index (κ3) is 1.47. The molecule has 0 bridgehead atoms. The first kappa shape index (κ1) is 8.72. The molecule has 0 atom stereocenters. The molecule has 0 spiro atoms. The first-order chi connectivity index (χ1) is 6.18. The monoisotopic (exact) mass is 257 g/mol.